The quantitative estimate of drug-likeness (QED) is 0.320. The number of aromatic nitrogens is 1. The first-order valence-electron chi connectivity index (χ1n) is 4.50. The number of ether oxygens (including phenoxy) is 1. The summed E-state index contributed by atoms with van der Waals surface area (Å²) in [6, 6.07) is 1.47. The van der Waals surface area contributed by atoms with Gasteiger partial charge in [-0.3, -0.25) is 10.1 Å². The van der Waals surface area contributed by atoms with E-state index >= 15 is 0 Å². The van der Waals surface area contributed by atoms with Crippen LogP contribution in [-0.4, -0.2) is 15.5 Å². The molecule has 1 aromatic heterocycles. The van der Waals surface area contributed by atoms with Crippen molar-refractivity contribution in [1.82, 2.24) is 4.98 Å². The molecule has 0 spiro atoms. The fraction of sp³-hybridized carbons (Fsp3) is 0.444. The van der Waals surface area contributed by atoms with Gasteiger partial charge in [-0.05, 0) is 19.8 Å². The number of pyridine rings is 1. The summed E-state index contributed by atoms with van der Waals surface area (Å²) in [6.07, 6.45) is 3.21. The molecule has 0 bridgehead atoms. The van der Waals surface area contributed by atoms with Gasteiger partial charge in [0.2, 0.25) is 10.9 Å². The number of rotatable bonds is 3. The van der Waals surface area contributed by atoms with Crippen molar-refractivity contribution >= 4 is 17.3 Å². The second-order valence-electron chi connectivity index (χ2n) is 3.76. The van der Waals surface area contributed by atoms with Crippen LogP contribution in [0.2, 0.25) is 5.15 Å². The molecule has 1 saturated carbocycles. The zero-order valence-corrected chi connectivity index (χ0v) is 11.8. The maximum atomic E-state index is 10.7. The fourth-order valence-corrected chi connectivity index (χ4v) is 1.42. The van der Waals surface area contributed by atoms with Crippen LogP contribution in [0.1, 0.15) is 21.2 Å². The SMILES string of the molecule is CC1(Oc2ccnc(Cl)c2[N+](=O)[O-])CC1.[H-].[Na+]. The number of hydrogen-bond acceptors (Lipinski definition) is 4. The van der Waals surface area contributed by atoms with E-state index in [1.165, 1.54) is 12.3 Å². The van der Waals surface area contributed by atoms with Crippen molar-refractivity contribution < 1.29 is 40.6 Å². The Labute approximate surface area is 121 Å². The van der Waals surface area contributed by atoms with E-state index < -0.39 is 4.92 Å². The molecule has 1 aliphatic carbocycles. The summed E-state index contributed by atoms with van der Waals surface area (Å²) < 4.78 is 5.52. The van der Waals surface area contributed by atoms with Crippen LogP contribution in [0.5, 0.6) is 5.75 Å². The van der Waals surface area contributed by atoms with Gasteiger partial charge in [-0.2, -0.15) is 0 Å². The third kappa shape index (κ3) is 2.85. The van der Waals surface area contributed by atoms with Gasteiger partial charge in [-0.25, -0.2) is 4.98 Å². The predicted molar refractivity (Wildman–Crippen MR) is 55.3 cm³/mol. The summed E-state index contributed by atoms with van der Waals surface area (Å²) in [6.45, 7) is 1.91. The van der Waals surface area contributed by atoms with Crippen molar-refractivity contribution in [2.24, 2.45) is 0 Å². The number of halogens is 1. The molecule has 0 unspecified atom stereocenters. The van der Waals surface area contributed by atoms with Gasteiger partial charge in [-0.1, -0.05) is 11.6 Å². The summed E-state index contributed by atoms with van der Waals surface area (Å²) in [7, 11) is 0. The van der Waals surface area contributed by atoms with Crippen molar-refractivity contribution in [2.45, 2.75) is 25.4 Å². The molecule has 5 nitrogen and oxygen atoms in total. The molecule has 16 heavy (non-hydrogen) atoms. The summed E-state index contributed by atoms with van der Waals surface area (Å²) >= 11 is 5.64. The van der Waals surface area contributed by atoms with Crippen LogP contribution in [0.4, 0.5) is 5.69 Å². The topological polar surface area (TPSA) is 65.3 Å². The second kappa shape index (κ2) is 4.87. The Balaban J connectivity index is 0.00000128. The van der Waals surface area contributed by atoms with Crippen LogP contribution in [0.15, 0.2) is 12.3 Å². The van der Waals surface area contributed by atoms with Crippen LogP contribution in [0.3, 0.4) is 0 Å². The van der Waals surface area contributed by atoms with E-state index in [1.54, 1.807) is 0 Å². The van der Waals surface area contributed by atoms with E-state index in [1.807, 2.05) is 6.92 Å². The molecule has 1 aromatic rings. The van der Waals surface area contributed by atoms with Crippen LogP contribution in [0, 0.1) is 10.1 Å². The summed E-state index contributed by atoms with van der Waals surface area (Å²) in [5.74, 6) is 0.194. The largest absolute Gasteiger partial charge is 1.00 e. The molecule has 0 saturated heterocycles. The summed E-state index contributed by atoms with van der Waals surface area (Å²) in [4.78, 5) is 13.8. The third-order valence-corrected chi connectivity index (χ3v) is 2.61. The molecule has 0 amide bonds. The van der Waals surface area contributed by atoms with Crippen LogP contribution in [0.25, 0.3) is 0 Å². The van der Waals surface area contributed by atoms with Crippen LogP contribution in [-0.2, 0) is 0 Å². The van der Waals surface area contributed by atoms with Gasteiger partial charge >= 0.3 is 35.2 Å². The molecule has 1 fully saturated rings. The monoisotopic (exact) mass is 252 g/mol. The first-order chi connectivity index (χ1) is 7.02. The van der Waals surface area contributed by atoms with Gasteiger partial charge in [0, 0.05) is 12.3 Å². The zero-order chi connectivity index (χ0) is 11.1. The minimum absolute atomic E-state index is 0. The first kappa shape index (κ1) is 13.7. The smallest absolute Gasteiger partial charge is 1.00 e. The van der Waals surface area contributed by atoms with E-state index in [9.17, 15) is 10.1 Å². The Morgan fingerprint density at radius 1 is 1.69 bits per heavy atom. The average Bonchev–Trinajstić information content (AvgIpc) is 2.82. The molecule has 0 aromatic carbocycles. The van der Waals surface area contributed by atoms with Gasteiger partial charge in [0.1, 0.15) is 5.60 Å². The molecule has 1 aliphatic rings. The molecule has 0 aliphatic heterocycles. The molecular weight excluding hydrogens is 243 g/mol. The Morgan fingerprint density at radius 3 is 2.81 bits per heavy atom. The molecule has 7 heteroatoms. The average molecular weight is 253 g/mol. The maximum absolute atomic E-state index is 10.7. The second-order valence-corrected chi connectivity index (χ2v) is 4.12. The van der Waals surface area contributed by atoms with Crippen molar-refractivity contribution in [3.05, 3.63) is 27.5 Å². The van der Waals surface area contributed by atoms with Crippen molar-refractivity contribution in [3.63, 3.8) is 0 Å². The standard InChI is InChI=1S/C9H9ClN2O3.Na.H/c1-9(3-4-9)15-6-2-5-11-8(10)7(6)12(13)14;;/h2,5H,3-4H2,1H3;;/q;+1;-1. The summed E-state index contributed by atoms with van der Waals surface area (Å²) in [5, 5.41) is 10.6. The number of hydrogen-bond donors (Lipinski definition) is 0. The Kier molecular flexibility index (Phi) is 4.17. The van der Waals surface area contributed by atoms with Crippen molar-refractivity contribution in [3.8, 4) is 5.75 Å². The Bertz CT molecular complexity index is 429. The van der Waals surface area contributed by atoms with E-state index in [0.29, 0.717) is 0 Å². The van der Waals surface area contributed by atoms with Gasteiger partial charge in [0.15, 0.2) is 0 Å². The van der Waals surface area contributed by atoms with E-state index in [2.05, 4.69) is 4.98 Å². The first-order valence-corrected chi connectivity index (χ1v) is 4.87. The maximum Gasteiger partial charge on any atom is 1.00 e. The molecule has 1 heterocycles. The molecule has 2 rings (SSSR count). The molecule has 0 N–H and O–H groups in total. The molecular formula is C9H10ClN2NaO3. The predicted octanol–water partition coefficient (Wildman–Crippen LogP) is -0.309. The normalized spacial score (nSPS) is 16.1. The zero-order valence-electron chi connectivity index (χ0n) is 10.1. The fourth-order valence-electron chi connectivity index (χ4n) is 1.20. The molecule has 0 atom stereocenters. The van der Waals surface area contributed by atoms with Gasteiger partial charge in [0.25, 0.3) is 0 Å². The van der Waals surface area contributed by atoms with Crippen molar-refractivity contribution in [1.29, 1.82) is 0 Å². The van der Waals surface area contributed by atoms with E-state index in [4.69, 9.17) is 16.3 Å². The number of nitrogens with zero attached hydrogens (tertiary/aromatic N) is 2. The minimum atomic E-state index is -0.573. The van der Waals surface area contributed by atoms with Gasteiger partial charge in [-0.15, -0.1) is 0 Å². The molecule has 82 valence electrons. The third-order valence-electron chi connectivity index (χ3n) is 2.34. The summed E-state index contributed by atoms with van der Waals surface area (Å²) in [5.41, 5.74) is -0.526. The Hall–Kier alpha value is -0.360. The van der Waals surface area contributed by atoms with E-state index in [0.717, 1.165) is 12.8 Å². The Morgan fingerprint density at radius 2 is 2.31 bits per heavy atom. The van der Waals surface area contributed by atoms with Crippen molar-refractivity contribution in [2.75, 3.05) is 0 Å². The van der Waals surface area contributed by atoms with Gasteiger partial charge in [0.05, 0.1) is 4.92 Å². The number of nitro groups is 1. The molecule has 0 radical (unpaired) electrons. The minimum Gasteiger partial charge on any atom is -1.00 e. The van der Waals surface area contributed by atoms with Crippen LogP contribution >= 0.6 is 11.6 Å². The van der Waals surface area contributed by atoms with Crippen LogP contribution < -0.4 is 34.3 Å². The van der Waals surface area contributed by atoms with E-state index in [-0.39, 0.29) is 53.2 Å². The van der Waals surface area contributed by atoms with Gasteiger partial charge < -0.3 is 6.16 Å².